The molecule has 1 amide bonds. The fourth-order valence-corrected chi connectivity index (χ4v) is 2.12. The average molecular weight is 371 g/mol. The molecule has 0 saturated heterocycles. The van der Waals surface area contributed by atoms with Gasteiger partial charge in [-0.3, -0.25) is 4.79 Å². The highest BCUT2D eigenvalue weighted by Crippen LogP contribution is 2.25. The fourth-order valence-electron chi connectivity index (χ4n) is 2.12. The van der Waals surface area contributed by atoms with Crippen LogP contribution in [0.15, 0.2) is 24.3 Å². The highest BCUT2D eigenvalue weighted by Gasteiger charge is 2.14. The molecule has 0 spiro atoms. The summed E-state index contributed by atoms with van der Waals surface area (Å²) in [4.78, 5) is 25.3. The molecule has 0 N–H and O–H groups in total. The molecule has 0 saturated carbocycles. The number of rotatable bonds is 10. The van der Waals surface area contributed by atoms with Gasteiger partial charge in [0.1, 0.15) is 11.5 Å². The van der Waals surface area contributed by atoms with E-state index >= 15 is 0 Å². The first-order chi connectivity index (χ1) is 13.0. The predicted molar refractivity (Wildman–Crippen MR) is 96.6 cm³/mol. The number of esters is 1. The average Bonchev–Trinajstić information content (AvgIpc) is 2.70. The maximum absolute atomic E-state index is 12.1. The third-order valence-electron chi connectivity index (χ3n) is 3.52. The molecule has 8 heteroatoms. The van der Waals surface area contributed by atoms with Gasteiger partial charge in [0, 0.05) is 30.8 Å². The number of benzene rings is 1. The van der Waals surface area contributed by atoms with E-state index in [-0.39, 0.29) is 25.9 Å². The van der Waals surface area contributed by atoms with E-state index in [1.165, 1.54) is 31.3 Å². The van der Waals surface area contributed by atoms with E-state index in [1.807, 2.05) is 12.1 Å². The first kappa shape index (κ1) is 21.5. The molecule has 1 aromatic rings. The van der Waals surface area contributed by atoms with Gasteiger partial charge in [-0.25, -0.2) is 4.79 Å². The van der Waals surface area contributed by atoms with Gasteiger partial charge in [0.2, 0.25) is 0 Å². The molecule has 0 heterocycles. The van der Waals surface area contributed by atoms with Crippen LogP contribution in [0.25, 0.3) is 6.08 Å². The number of carbonyl (C=O) groups is 2. The van der Waals surface area contributed by atoms with Crippen LogP contribution in [0.5, 0.6) is 11.5 Å². The maximum Gasteiger partial charge on any atom is 0.331 e. The minimum Gasteiger partial charge on any atom is -0.497 e. The Hall–Kier alpha value is -3.52. The minimum atomic E-state index is -0.693. The van der Waals surface area contributed by atoms with Crippen LogP contribution in [0.3, 0.4) is 0 Å². The zero-order chi connectivity index (χ0) is 20.1. The molecule has 0 aromatic heterocycles. The molecule has 1 rings (SSSR count). The zero-order valence-corrected chi connectivity index (χ0v) is 15.3. The Morgan fingerprint density at radius 3 is 2.33 bits per heavy atom. The number of methoxy groups -OCH3 is 2. The number of hydrogen-bond acceptors (Lipinski definition) is 7. The molecule has 0 radical (unpaired) electrons. The van der Waals surface area contributed by atoms with E-state index in [1.54, 1.807) is 18.2 Å². The molecule has 0 aliphatic heterocycles. The predicted octanol–water partition coefficient (Wildman–Crippen LogP) is 1.92. The monoisotopic (exact) mass is 371 g/mol. The normalized spacial score (nSPS) is 9.93. The SMILES string of the molecule is COc1ccc(/C=C/C(=O)OCC(=O)N(CCC#N)CCC#N)c(OC)c1. The number of nitrogens with zero attached hydrogens (tertiary/aromatic N) is 3. The number of hydrogen-bond donors (Lipinski definition) is 0. The molecule has 0 fully saturated rings. The number of amides is 1. The Bertz CT molecular complexity index is 744. The Labute approximate surface area is 158 Å². The molecule has 27 heavy (non-hydrogen) atoms. The minimum absolute atomic E-state index is 0.141. The van der Waals surface area contributed by atoms with Gasteiger partial charge in [-0.05, 0) is 18.2 Å². The van der Waals surface area contributed by atoms with Crippen molar-refractivity contribution in [3.8, 4) is 23.6 Å². The lowest BCUT2D eigenvalue weighted by atomic mass is 10.2. The number of carbonyl (C=O) groups excluding carboxylic acids is 2. The second kappa shape index (κ2) is 11.9. The van der Waals surface area contributed by atoms with Crippen LogP contribution in [0.1, 0.15) is 18.4 Å². The molecule has 8 nitrogen and oxygen atoms in total. The summed E-state index contributed by atoms with van der Waals surface area (Å²) in [5.41, 5.74) is 0.645. The number of ether oxygens (including phenoxy) is 3. The van der Waals surface area contributed by atoms with E-state index in [4.69, 9.17) is 24.7 Å². The lowest BCUT2D eigenvalue weighted by Crippen LogP contribution is -2.36. The van der Waals surface area contributed by atoms with Gasteiger partial charge in [0.05, 0.1) is 39.2 Å². The summed E-state index contributed by atoms with van der Waals surface area (Å²) in [6, 6.07) is 8.99. The lowest BCUT2D eigenvalue weighted by molar-refractivity contribution is -0.148. The summed E-state index contributed by atoms with van der Waals surface area (Å²) in [7, 11) is 3.04. The molecule has 0 unspecified atom stereocenters. The van der Waals surface area contributed by atoms with Crippen molar-refractivity contribution >= 4 is 18.0 Å². The highest BCUT2D eigenvalue weighted by molar-refractivity contribution is 5.89. The second-order valence-corrected chi connectivity index (χ2v) is 5.25. The molecule has 0 aliphatic rings. The van der Waals surface area contributed by atoms with Gasteiger partial charge < -0.3 is 19.1 Å². The second-order valence-electron chi connectivity index (χ2n) is 5.25. The van der Waals surface area contributed by atoms with Crippen molar-refractivity contribution < 1.29 is 23.8 Å². The Morgan fingerprint density at radius 1 is 1.11 bits per heavy atom. The van der Waals surface area contributed by atoms with E-state index in [0.717, 1.165) is 0 Å². The molecule has 142 valence electrons. The third-order valence-corrected chi connectivity index (χ3v) is 3.52. The van der Waals surface area contributed by atoms with E-state index in [2.05, 4.69) is 0 Å². The van der Waals surface area contributed by atoms with Gasteiger partial charge in [-0.2, -0.15) is 10.5 Å². The molecule has 0 atom stereocenters. The summed E-state index contributed by atoms with van der Waals surface area (Å²) in [5.74, 6) is -0.00771. The van der Waals surface area contributed by atoms with Crippen molar-refractivity contribution in [3.63, 3.8) is 0 Å². The van der Waals surface area contributed by atoms with Crippen LogP contribution in [0, 0.1) is 22.7 Å². The zero-order valence-electron chi connectivity index (χ0n) is 15.3. The van der Waals surface area contributed by atoms with Crippen molar-refractivity contribution in [2.75, 3.05) is 33.9 Å². The van der Waals surface area contributed by atoms with Crippen molar-refractivity contribution in [1.29, 1.82) is 10.5 Å². The van der Waals surface area contributed by atoms with Crippen molar-refractivity contribution in [2.24, 2.45) is 0 Å². The molecule has 1 aromatic carbocycles. The summed E-state index contributed by atoms with van der Waals surface area (Å²) >= 11 is 0. The molecular weight excluding hydrogens is 350 g/mol. The van der Waals surface area contributed by atoms with Crippen LogP contribution in [-0.4, -0.2) is 50.7 Å². The van der Waals surface area contributed by atoms with Crippen LogP contribution < -0.4 is 9.47 Å². The Kier molecular flexibility index (Phi) is 9.51. The summed E-state index contributed by atoms with van der Waals surface area (Å²) < 4.78 is 15.3. The van der Waals surface area contributed by atoms with E-state index in [0.29, 0.717) is 17.1 Å². The number of nitriles is 2. The van der Waals surface area contributed by atoms with Gasteiger partial charge in [-0.15, -0.1) is 0 Å². The summed E-state index contributed by atoms with van der Waals surface area (Å²) in [6.45, 7) is -0.0827. The molecule has 0 aliphatic carbocycles. The largest absolute Gasteiger partial charge is 0.497 e. The molecular formula is C19H21N3O5. The standard InChI is InChI=1S/C19H21N3O5/c1-25-16-7-5-15(17(13-16)26-2)6-8-19(24)27-14-18(23)22(11-3-9-20)12-4-10-21/h5-8,13H,3-4,11-12,14H2,1-2H3/b8-6+. The topological polar surface area (TPSA) is 113 Å². The Morgan fingerprint density at radius 2 is 1.78 bits per heavy atom. The molecule has 0 bridgehead atoms. The van der Waals surface area contributed by atoms with Crippen LogP contribution in [0.4, 0.5) is 0 Å². The first-order valence-corrected chi connectivity index (χ1v) is 8.14. The quantitative estimate of drug-likeness (QED) is 0.456. The van der Waals surface area contributed by atoms with Crippen molar-refractivity contribution in [3.05, 3.63) is 29.8 Å². The van der Waals surface area contributed by atoms with Gasteiger partial charge >= 0.3 is 5.97 Å². The van der Waals surface area contributed by atoms with Gasteiger partial charge in [-0.1, -0.05) is 0 Å². The maximum atomic E-state index is 12.1. The Balaban J connectivity index is 2.63. The van der Waals surface area contributed by atoms with Crippen LogP contribution in [-0.2, 0) is 14.3 Å². The first-order valence-electron chi connectivity index (χ1n) is 8.14. The van der Waals surface area contributed by atoms with Crippen molar-refractivity contribution in [1.82, 2.24) is 4.90 Å². The van der Waals surface area contributed by atoms with Crippen LogP contribution >= 0.6 is 0 Å². The van der Waals surface area contributed by atoms with Crippen molar-refractivity contribution in [2.45, 2.75) is 12.8 Å². The van der Waals surface area contributed by atoms with Gasteiger partial charge in [0.15, 0.2) is 6.61 Å². The fraction of sp³-hybridized carbons (Fsp3) is 0.368. The van der Waals surface area contributed by atoms with E-state index in [9.17, 15) is 9.59 Å². The lowest BCUT2D eigenvalue weighted by Gasteiger charge is -2.19. The third kappa shape index (κ3) is 7.49. The smallest absolute Gasteiger partial charge is 0.331 e. The van der Waals surface area contributed by atoms with Crippen LogP contribution in [0.2, 0.25) is 0 Å². The van der Waals surface area contributed by atoms with Gasteiger partial charge in [0.25, 0.3) is 5.91 Å². The highest BCUT2D eigenvalue weighted by atomic mass is 16.5. The summed E-state index contributed by atoms with van der Waals surface area (Å²) in [5, 5.41) is 17.3. The summed E-state index contributed by atoms with van der Waals surface area (Å²) in [6.07, 6.45) is 2.98. The van der Waals surface area contributed by atoms with E-state index < -0.39 is 18.5 Å².